The third kappa shape index (κ3) is 3.62. The quantitative estimate of drug-likeness (QED) is 0.857. The fraction of sp³-hybridized carbons (Fsp3) is 0.333. The van der Waals surface area contributed by atoms with Crippen molar-refractivity contribution in [1.82, 2.24) is 14.0 Å². The summed E-state index contributed by atoms with van der Waals surface area (Å²) >= 11 is 5.96. The van der Waals surface area contributed by atoms with Gasteiger partial charge >= 0.3 is 5.69 Å². The molecule has 0 atom stereocenters. The third-order valence-corrected chi connectivity index (χ3v) is 3.63. The van der Waals surface area contributed by atoms with Crippen LogP contribution in [0.2, 0.25) is 5.02 Å². The first-order chi connectivity index (χ1) is 9.88. The molecule has 0 aliphatic carbocycles. The highest BCUT2D eigenvalue weighted by molar-refractivity contribution is 6.30. The molecule has 0 bridgehead atoms. The molecule has 0 aliphatic rings. The lowest BCUT2D eigenvalue weighted by Gasteiger charge is -2.18. The van der Waals surface area contributed by atoms with Crippen molar-refractivity contribution >= 4 is 11.6 Å². The van der Waals surface area contributed by atoms with E-state index in [1.165, 1.54) is 17.7 Å². The molecule has 0 saturated carbocycles. The van der Waals surface area contributed by atoms with E-state index in [-0.39, 0.29) is 11.2 Å². The van der Waals surface area contributed by atoms with Crippen molar-refractivity contribution in [2.24, 2.45) is 14.1 Å². The Morgan fingerprint density at radius 2 is 1.81 bits per heavy atom. The molecular weight excluding hydrogens is 290 g/mol. The molecule has 112 valence electrons. The number of hydrogen-bond acceptors (Lipinski definition) is 3. The molecule has 0 fully saturated rings. The van der Waals surface area contributed by atoms with Crippen molar-refractivity contribution < 1.29 is 0 Å². The highest BCUT2D eigenvalue weighted by atomic mass is 35.5. The lowest BCUT2D eigenvalue weighted by atomic mass is 10.2. The smallest absolute Gasteiger partial charge is 0.299 e. The Morgan fingerprint density at radius 3 is 2.48 bits per heavy atom. The van der Waals surface area contributed by atoms with E-state index in [1.54, 1.807) is 7.05 Å². The molecule has 0 N–H and O–H groups in total. The van der Waals surface area contributed by atoms with Crippen molar-refractivity contribution in [1.29, 1.82) is 0 Å². The molecule has 0 saturated heterocycles. The first-order valence-electron chi connectivity index (χ1n) is 6.57. The van der Waals surface area contributed by atoms with E-state index >= 15 is 0 Å². The van der Waals surface area contributed by atoms with Crippen molar-refractivity contribution in [3.8, 4) is 0 Å². The van der Waals surface area contributed by atoms with Crippen LogP contribution in [0.4, 0.5) is 0 Å². The van der Waals surface area contributed by atoms with Gasteiger partial charge in [-0.1, -0.05) is 23.7 Å². The Morgan fingerprint density at radius 1 is 1.10 bits per heavy atom. The minimum Gasteiger partial charge on any atom is -0.299 e. The second-order valence-electron chi connectivity index (χ2n) is 5.18. The standard InChI is InChI=1S/C15H18ClN3O2/c1-17(9-11-5-4-6-12(16)7-11)10-13-8-14(20)19(3)15(21)18(13)2/h4-8H,9-10H2,1-3H3. The molecule has 1 aromatic carbocycles. The van der Waals surface area contributed by atoms with Crippen LogP contribution < -0.4 is 11.2 Å². The fourth-order valence-electron chi connectivity index (χ4n) is 2.21. The van der Waals surface area contributed by atoms with Gasteiger partial charge in [0.25, 0.3) is 5.56 Å². The molecule has 0 radical (unpaired) electrons. The monoisotopic (exact) mass is 307 g/mol. The molecule has 0 spiro atoms. The number of benzene rings is 1. The molecule has 2 rings (SSSR count). The summed E-state index contributed by atoms with van der Waals surface area (Å²) in [5.41, 5.74) is 1.17. The molecule has 1 heterocycles. The van der Waals surface area contributed by atoms with E-state index in [0.717, 1.165) is 10.1 Å². The van der Waals surface area contributed by atoms with Crippen molar-refractivity contribution in [3.05, 3.63) is 67.4 Å². The summed E-state index contributed by atoms with van der Waals surface area (Å²) in [6, 6.07) is 9.12. The summed E-state index contributed by atoms with van der Waals surface area (Å²) in [5.74, 6) is 0. The zero-order chi connectivity index (χ0) is 15.6. The van der Waals surface area contributed by atoms with E-state index in [1.807, 2.05) is 36.2 Å². The van der Waals surface area contributed by atoms with Crippen LogP contribution >= 0.6 is 11.6 Å². The summed E-state index contributed by atoms with van der Waals surface area (Å²) in [4.78, 5) is 25.6. The highest BCUT2D eigenvalue weighted by Gasteiger charge is 2.09. The Hall–Kier alpha value is -1.85. The van der Waals surface area contributed by atoms with E-state index in [0.29, 0.717) is 23.8 Å². The lowest BCUT2D eigenvalue weighted by molar-refractivity contribution is 0.308. The minimum absolute atomic E-state index is 0.288. The zero-order valence-electron chi connectivity index (χ0n) is 12.3. The zero-order valence-corrected chi connectivity index (χ0v) is 13.1. The summed E-state index contributed by atoms with van der Waals surface area (Å²) in [6.45, 7) is 1.19. The van der Waals surface area contributed by atoms with Gasteiger partial charge in [0, 0.05) is 44.0 Å². The predicted molar refractivity (Wildman–Crippen MR) is 83.5 cm³/mol. The maximum absolute atomic E-state index is 11.9. The Labute approximate surface area is 128 Å². The molecule has 5 nitrogen and oxygen atoms in total. The average Bonchev–Trinajstić information content (AvgIpc) is 2.42. The van der Waals surface area contributed by atoms with Crippen molar-refractivity contribution in [2.45, 2.75) is 13.1 Å². The number of hydrogen-bond donors (Lipinski definition) is 0. The first-order valence-corrected chi connectivity index (χ1v) is 6.95. The maximum Gasteiger partial charge on any atom is 0.330 e. The van der Waals surface area contributed by atoms with Crippen LogP contribution in [0.5, 0.6) is 0 Å². The van der Waals surface area contributed by atoms with Gasteiger partial charge in [0.2, 0.25) is 0 Å². The largest absolute Gasteiger partial charge is 0.330 e. The lowest BCUT2D eigenvalue weighted by Crippen LogP contribution is -2.39. The summed E-state index contributed by atoms with van der Waals surface area (Å²) < 4.78 is 2.59. The molecule has 0 amide bonds. The van der Waals surface area contributed by atoms with Gasteiger partial charge in [-0.3, -0.25) is 18.8 Å². The van der Waals surface area contributed by atoms with Crippen LogP contribution in [0.1, 0.15) is 11.3 Å². The molecule has 0 aliphatic heterocycles. The Balaban J connectivity index is 2.19. The van der Waals surface area contributed by atoms with Crippen LogP contribution in [0, 0.1) is 0 Å². The Kier molecular flexibility index (Phi) is 4.65. The van der Waals surface area contributed by atoms with Crippen LogP contribution in [-0.4, -0.2) is 21.1 Å². The summed E-state index contributed by atoms with van der Waals surface area (Å²) in [6.07, 6.45) is 0. The van der Waals surface area contributed by atoms with Gasteiger partial charge in [0.15, 0.2) is 0 Å². The second kappa shape index (κ2) is 6.28. The minimum atomic E-state index is -0.311. The first kappa shape index (κ1) is 15.5. The van der Waals surface area contributed by atoms with Gasteiger partial charge < -0.3 is 0 Å². The van der Waals surface area contributed by atoms with Gasteiger partial charge in [0.05, 0.1) is 0 Å². The number of rotatable bonds is 4. The summed E-state index contributed by atoms with van der Waals surface area (Å²) in [5, 5.41) is 0.696. The van der Waals surface area contributed by atoms with Gasteiger partial charge in [-0.15, -0.1) is 0 Å². The van der Waals surface area contributed by atoms with Gasteiger partial charge in [-0.2, -0.15) is 0 Å². The van der Waals surface area contributed by atoms with Crippen LogP contribution in [0.3, 0.4) is 0 Å². The van der Waals surface area contributed by atoms with E-state index < -0.39 is 0 Å². The third-order valence-electron chi connectivity index (χ3n) is 3.40. The predicted octanol–water partition coefficient (Wildman–Crippen LogP) is 1.37. The normalized spacial score (nSPS) is 11.1. The van der Waals surface area contributed by atoms with E-state index in [9.17, 15) is 9.59 Å². The van der Waals surface area contributed by atoms with Gasteiger partial charge in [-0.25, -0.2) is 4.79 Å². The molecule has 1 aromatic heterocycles. The average molecular weight is 308 g/mol. The fourth-order valence-corrected chi connectivity index (χ4v) is 2.42. The van der Waals surface area contributed by atoms with Gasteiger partial charge in [0.1, 0.15) is 0 Å². The highest BCUT2D eigenvalue weighted by Crippen LogP contribution is 2.12. The van der Waals surface area contributed by atoms with Crippen LogP contribution in [-0.2, 0) is 27.2 Å². The molecular formula is C15H18ClN3O2. The number of aromatic nitrogens is 2. The number of nitrogens with zero attached hydrogens (tertiary/aromatic N) is 3. The molecule has 6 heteroatoms. The van der Waals surface area contributed by atoms with Gasteiger partial charge in [-0.05, 0) is 24.7 Å². The SMILES string of the molecule is CN(Cc1cccc(Cl)c1)Cc1cc(=O)n(C)c(=O)n1C. The molecule has 2 aromatic rings. The van der Waals surface area contributed by atoms with Crippen molar-refractivity contribution in [2.75, 3.05) is 7.05 Å². The maximum atomic E-state index is 11.9. The van der Waals surface area contributed by atoms with E-state index in [4.69, 9.17) is 11.6 Å². The van der Waals surface area contributed by atoms with E-state index in [2.05, 4.69) is 0 Å². The van der Waals surface area contributed by atoms with Crippen LogP contribution in [0.15, 0.2) is 39.9 Å². The Bertz CT molecular complexity index is 764. The second-order valence-corrected chi connectivity index (χ2v) is 5.61. The number of halogens is 1. The topological polar surface area (TPSA) is 47.2 Å². The van der Waals surface area contributed by atoms with Crippen molar-refractivity contribution in [3.63, 3.8) is 0 Å². The summed E-state index contributed by atoms with van der Waals surface area (Å²) in [7, 11) is 5.08. The van der Waals surface area contributed by atoms with Crippen LogP contribution in [0.25, 0.3) is 0 Å². The molecule has 0 unspecified atom stereocenters. The molecule has 21 heavy (non-hydrogen) atoms.